The highest BCUT2D eigenvalue weighted by molar-refractivity contribution is 5.81. The average molecular weight is 291 g/mol. The van der Waals surface area contributed by atoms with Crippen LogP contribution in [0.4, 0.5) is 5.69 Å². The third-order valence-electron chi connectivity index (χ3n) is 3.33. The minimum Gasteiger partial charge on any atom is -0.379 e. The Balaban J connectivity index is 0.000000315. The Kier molecular flexibility index (Phi) is 6.56. The van der Waals surface area contributed by atoms with Crippen molar-refractivity contribution in [3.63, 3.8) is 0 Å². The molecule has 0 amide bonds. The summed E-state index contributed by atoms with van der Waals surface area (Å²) in [4.78, 5) is 23.7. The predicted molar refractivity (Wildman–Crippen MR) is 85.0 cm³/mol. The molecule has 0 N–H and O–H groups in total. The summed E-state index contributed by atoms with van der Waals surface area (Å²) in [6.07, 6.45) is 2.11. The second-order valence-corrected chi connectivity index (χ2v) is 6.05. The number of benzene rings is 1. The fourth-order valence-corrected chi connectivity index (χ4v) is 1.78. The van der Waals surface area contributed by atoms with Gasteiger partial charge in [-0.05, 0) is 45.0 Å². The van der Waals surface area contributed by atoms with Gasteiger partial charge in [0.25, 0.3) is 0 Å². The van der Waals surface area contributed by atoms with Crippen LogP contribution >= 0.6 is 0 Å². The molecule has 1 heterocycles. The number of methoxy groups -OCH3 is 1. The van der Waals surface area contributed by atoms with Crippen LogP contribution in [0.2, 0.25) is 0 Å². The zero-order valence-corrected chi connectivity index (χ0v) is 13.4. The molecule has 0 bridgehead atoms. The lowest BCUT2D eigenvalue weighted by molar-refractivity contribution is -0.119. The van der Waals surface area contributed by atoms with Crippen molar-refractivity contribution in [3.05, 3.63) is 29.8 Å². The number of ether oxygens (including phenoxy) is 1. The van der Waals surface area contributed by atoms with E-state index in [0.29, 0.717) is 24.2 Å². The molecule has 0 aromatic heterocycles. The Bertz CT molecular complexity index is 450. The molecule has 1 saturated heterocycles. The van der Waals surface area contributed by atoms with Crippen molar-refractivity contribution >= 4 is 17.8 Å². The maximum absolute atomic E-state index is 11.1. The molecule has 1 aromatic carbocycles. The summed E-state index contributed by atoms with van der Waals surface area (Å²) in [5, 5.41) is 0. The Labute approximate surface area is 127 Å². The molecule has 21 heavy (non-hydrogen) atoms. The third kappa shape index (κ3) is 6.54. The fraction of sp³-hybridized carbons (Fsp3) is 0.529. The van der Waals surface area contributed by atoms with E-state index >= 15 is 0 Å². The van der Waals surface area contributed by atoms with Gasteiger partial charge in [0.05, 0.1) is 5.60 Å². The molecule has 2 rings (SSSR count). The minimum absolute atomic E-state index is 0.0417. The molecule has 4 heteroatoms. The van der Waals surface area contributed by atoms with Crippen LogP contribution < -0.4 is 4.90 Å². The molecule has 4 nitrogen and oxygen atoms in total. The van der Waals surface area contributed by atoms with Gasteiger partial charge in [0.2, 0.25) is 0 Å². The van der Waals surface area contributed by atoms with Gasteiger partial charge in [0, 0.05) is 44.3 Å². The molecule has 0 radical (unpaired) electrons. The van der Waals surface area contributed by atoms with Gasteiger partial charge in [-0.25, -0.2) is 0 Å². The largest absolute Gasteiger partial charge is 0.379 e. The molecule has 0 unspecified atom stereocenters. The summed E-state index contributed by atoms with van der Waals surface area (Å²) >= 11 is 0. The van der Waals surface area contributed by atoms with E-state index in [2.05, 4.69) is 4.90 Å². The quantitative estimate of drug-likeness (QED) is 0.786. The van der Waals surface area contributed by atoms with Crippen LogP contribution in [0.15, 0.2) is 24.3 Å². The van der Waals surface area contributed by atoms with Crippen molar-refractivity contribution in [1.29, 1.82) is 0 Å². The van der Waals surface area contributed by atoms with E-state index in [1.54, 1.807) is 19.2 Å². The lowest BCUT2D eigenvalue weighted by Crippen LogP contribution is -2.33. The minimum atomic E-state index is 0.0417. The molecule has 0 aliphatic carbocycles. The Morgan fingerprint density at radius 3 is 1.95 bits per heavy atom. The van der Waals surface area contributed by atoms with E-state index in [-0.39, 0.29) is 5.60 Å². The van der Waals surface area contributed by atoms with Crippen molar-refractivity contribution in [2.24, 2.45) is 0 Å². The Hall–Kier alpha value is -1.68. The maximum Gasteiger partial charge on any atom is 0.150 e. The van der Waals surface area contributed by atoms with Crippen LogP contribution in [0.5, 0.6) is 0 Å². The lowest BCUT2D eigenvalue weighted by atomic mass is 10.1. The summed E-state index contributed by atoms with van der Waals surface area (Å²) in [5.74, 6) is 0.343. The topological polar surface area (TPSA) is 46.6 Å². The number of Topliss-reactive ketones (excluding diaryl/α,β-unsaturated/α-hetero) is 1. The molecular formula is C17H25NO3. The summed E-state index contributed by atoms with van der Waals surface area (Å²) in [7, 11) is 1.71. The van der Waals surface area contributed by atoms with E-state index in [9.17, 15) is 9.59 Å². The number of carbonyl (C=O) groups is 2. The third-order valence-corrected chi connectivity index (χ3v) is 3.33. The first-order valence-corrected chi connectivity index (χ1v) is 7.23. The van der Waals surface area contributed by atoms with E-state index in [0.717, 1.165) is 25.1 Å². The van der Waals surface area contributed by atoms with Crippen molar-refractivity contribution < 1.29 is 14.3 Å². The second kappa shape index (κ2) is 7.93. The Morgan fingerprint density at radius 2 is 1.57 bits per heavy atom. The van der Waals surface area contributed by atoms with E-state index in [1.807, 2.05) is 32.9 Å². The van der Waals surface area contributed by atoms with Crippen molar-refractivity contribution in [3.8, 4) is 0 Å². The number of piperidine rings is 1. The van der Waals surface area contributed by atoms with Gasteiger partial charge in [-0.2, -0.15) is 0 Å². The van der Waals surface area contributed by atoms with Crippen LogP contribution in [0.1, 0.15) is 44.0 Å². The first-order chi connectivity index (χ1) is 9.85. The van der Waals surface area contributed by atoms with Crippen LogP contribution in [-0.2, 0) is 9.53 Å². The number of nitrogens with zero attached hydrogens (tertiary/aromatic N) is 1. The summed E-state index contributed by atoms with van der Waals surface area (Å²) in [6, 6.07) is 7.47. The van der Waals surface area contributed by atoms with Gasteiger partial charge in [-0.1, -0.05) is 0 Å². The van der Waals surface area contributed by atoms with Gasteiger partial charge < -0.3 is 9.64 Å². The summed E-state index contributed by atoms with van der Waals surface area (Å²) in [5.41, 5.74) is 1.82. The van der Waals surface area contributed by atoms with E-state index < -0.39 is 0 Å². The molecule has 0 saturated carbocycles. The summed E-state index contributed by atoms with van der Waals surface area (Å²) in [6.45, 7) is 7.64. The molecule has 1 aliphatic rings. The monoisotopic (exact) mass is 291 g/mol. The fourth-order valence-electron chi connectivity index (χ4n) is 1.78. The first-order valence-electron chi connectivity index (χ1n) is 7.23. The number of carbonyl (C=O) groups excluding carboxylic acids is 2. The number of anilines is 1. The van der Waals surface area contributed by atoms with Gasteiger partial charge in [0.15, 0.2) is 0 Å². The number of hydrogen-bond donors (Lipinski definition) is 0. The van der Waals surface area contributed by atoms with Crippen LogP contribution in [0, 0.1) is 0 Å². The van der Waals surface area contributed by atoms with Gasteiger partial charge in [-0.15, -0.1) is 0 Å². The SMILES string of the molecule is COC(C)(C)C.O=Cc1ccc(N2CCC(=O)CC2)cc1. The maximum atomic E-state index is 11.1. The number of hydrogen-bond acceptors (Lipinski definition) is 4. The molecule has 0 spiro atoms. The number of ketones is 1. The van der Waals surface area contributed by atoms with Crippen LogP contribution in [0.25, 0.3) is 0 Å². The standard InChI is InChI=1S/C12H13NO2.C5H12O/c14-9-10-1-3-11(4-2-10)13-7-5-12(15)6-8-13;1-5(2,3)6-4/h1-4,9H,5-8H2;1-4H3. The molecule has 1 aliphatic heterocycles. The molecule has 1 fully saturated rings. The predicted octanol–water partition coefficient (Wildman–Crippen LogP) is 3.10. The van der Waals surface area contributed by atoms with Crippen molar-refractivity contribution in [1.82, 2.24) is 0 Å². The van der Waals surface area contributed by atoms with Crippen molar-refractivity contribution in [2.45, 2.75) is 39.2 Å². The highest BCUT2D eigenvalue weighted by atomic mass is 16.5. The smallest absolute Gasteiger partial charge is 0.150 e. The highest BCUT2D eigenvalue weighted by Gasteiger charge is 2.15. The highest BCUT2D eigenvalue weighted by Crippen LogP contribution is 2.18. The molecule has 116 valence electrons. The zero-order chi connectivity index (χ0) is 15.9. The Morgan fingerprint density at radius 1 is 1.10 bits per heavy atom. The van der Waals surface area contributed by atoms with Crippen molar-refractivity contribution in [2.75, 3.05) is 25.1 Å². The zero-order valence-electron chi connectivity index (χ0n) is 13.4. The van der Waals surface area contributed by atoms with Crippen LogP contribution in [0.3, 0.4) is 0 Å². The number of aldehydes is 1. The first kappa shape index (κ1) is 17.4. The average Bonchev–Trinajstić information content (AvgIpc) is 2.48. The molecule has 0 atom stereocenters. The van der Waals surface area contributed by atoms with E-state index in [1.165, 1.54) is 0 Å². The number of rotatable bonds is 2. The lowest BCUT2D eigenvalue weighted by Gasteiger charge is -2.28. The van der Waals surface area contributed by atoms with Gasteiger partial charge in [-0.3, -0.25) is 9.59 Å². The normalized spacial score (nSPS) is 15.2. The molecule has 1 aromatic rings. The molecular weight excluding hydrogens is 266 g/mol. The summed E-state index contributed by atoms with van der Waals surface area (Å²) < 4.78 is 4.94. The van der Waals surface area contributed by atoms with Gasteiger partial charge >= 0.3 is 0 Å². The van der Waals surface area contributed by atoms with Gasteiger partial charge in [0.1, 0.15) is 12.1 Å². The van der Waals surface area contributed by atoms with Crippen LogP contribution in [-0.4, -0.2) is 37.9 Å². The second-order valence-electron chi connectivity index (χ2n) is 6.05. The van der Waals surface area contributed by atoms with E-state index in [4.69, 9.17) is 4.74 Å².